The lowest BCUT2D eigenvalue weighted by Crippen LogP contribution is -2.13. The van der Waals surface area contributed by atoms with Crippen molar-refractivity contribution in [1.29, 1.82) is 0 Å². The van der Waals surface area contributed by atoms with Crippen molar-refractivity contribution in [3.05, 3.63) is 34.6 Å². The number of benzene rings is 1. The SMILES string of the molecule is C[C@@H](N)c1nnnn1-c1ccc(Br)cc1. The van der Waals surface area contributed by atoms with Crippen molar-refractivity contribution in [3.8, 4) is 5.69 Å². The van der Waals surface area contributed by atoms with Crippen LogP contribution in [0.15, 0.2) is 28.7 Å². The van der Waals surface area contributed by atoms with Crippen molar-refractivity contribution in [2.24, 2.45) is 5.73 Å². The maximum Gasteiger partial charge on any atom is 0.173 e. The summed E-state index contributed by atoms with van der Waals surface area (Å²) in [7, 11) is 0. The van der Waals surface area contributed by atoms with Gasteiger partial charge in [-0.15, -0.1) is 5.10 Å². The highest BCUT2D eigenvalue weighted by atomic mass is 79.9. The molecule has 78 valence electrons. The third-order valence-electron chi connectivity index (χ3n) is 1.97. The minimum absolute atomic E-state index is 0.191. The van der Waals surface area contributed by atoms with Crippen LogP contribution in [-0.2, 0) is 0 Å². The van der Waals surface area contributed by atoms with Crippen LogP contribution in [0.4, 0.5) is 0 Å². The average Bonchev–Trinajstić information content (AvgIpc) is 2.67. The maximum atomic E-state index is 5.75. The Balaban J connectivity index is 2.45. The summed E-state index contributed by atoms with van der Waals surface area (Å²) < 4.78 is 2.65. The fourth-order valence-corrected chi connectivity index (χ4v) is 1.51. The number of aromatic nitrogens is 4. The number of rotatable bonds is 2. The van der Waals surface area contributed by atoms with E-state index in [1.165, 1.54) is 0 Å². The summed E-state index contributed by atoms with van der Waals surface area (Å²) in [6.07, 6.45) is 0. The van der Waals surface area contributed by atoms with Crippen molar-refractivity contribution >= 4 is 15.9 Å². The summed E-state index contributed by atoms with van der Waals surface area (Å²) in [6, 6.07) is 7.52. The Labute approximate surface area is 95.4 Å². The Morgan fingerprint density at radius 1 is 1.33 bits per heavy atom. The largest absolute Gasteiger partial charge is 0.321 e. The average molecular weight is 268 g/mol. The molecular weight excluding hydrogens is 258 g/mol. The first-order valence-electron chi connectivity index (χ1n) is 4.48. The van der Waals surface area contributed by atoms with E-state index < -0.39 is 0 Å². The lowest BCUT2D eigenvalue weighted by molar-refractivity contribution is 0.688. The van der Waals surface area contributed by atoms with E-state index in [0.29, 0.717) is 5.82 Å². The highest BCUT2D eigenvalue weighted by Gasteiger charge is 2.11. The monoisotopic (exact) mass is 267 g/mol. The molecule has 1 aromatic heterocycles. The van der Waals surface area contributed by atoms with Gasteiger partial charge in [0.1, 0.15) is 0 Å². The summed E-state index contributed by atoms with van der Waals surface area (Å²) >= 11 is 3.37. The van der Waals surface area contributed by atoms with Crippen LogP contribution in [0.3, 0.4) is 0 Å². The van der Waals surface area contributed by atoms with Gasteiger partial charge in [0.2, 0.25) is 0 Å². The van der Waals surface area contributed by atoms with Gasteiger partial charge in [-0.1, -0.05) is 15.9 Å². The van der Waals surface area contributed by atoms with Crippen LogP contribution in [0.25, 0.3) is 5.69 Å². The summed E-state index contributed by atoms with van der Waals surface area (Å²) in [5.41, 5.74) is 6.65. The Morgan fingerprint density at radius 3 is 2.60 bits per heavy atom. The number of hydrogen-bond acceptors (Lipinski definition) is 4. The zero-order valence-corrected chi connectivity index (χ0v) is 9.72. The van der Waals surface area contributed by atoms with Gasteiger partial charge in [-0.3, -0.25) is 0 Å². The van der Waals surface area contributed by atoms with Gasteiger partial charge in [0.25, 0.3) is 0 Å². The third kappa shape index (κ3) is 2.05. The van der Waals surface area contributed by atoms with Crippen LogP contribution < -0.4 is 5.73 Å². The lowest BCUT2D eigenvalue weighted by Gasteiger charge is -2.06. The fourth-order valence-electron chi connectivity index (χ4n) is 1.24. The van der Waals surface area contributed by atoms with E-state index in [1.54, 1.807) is 4.68 Å². The number of halogens is 1. The molecule has 0 bridgehead atoms. The standard InChI is InChI=1S/C9H10BrN5/c1-6(11)9-12-13-14-15(9)8-4-2-7(10)3-5-8/h2-6H,11H2,1H3/t6-/m1/s1. The van der Waals surface area contributed by atoms with Gasteiger partial charge < -0.3 is 5.73 Å². The molecule has 0 aliphatic rings. The van der Waals surface area contributed by atoms with Gasteiger partial charge in [0.15, 0.2) is 5.82 Å². The predicted molar refractivity (Wildman–Crippen MR) is 59.5 cm³/mol. The first kappa shape index (κ1) is 10.3. The molecule has 0 saturated heterocycles. The molecule has 2 N–H and O–H groups in total. The van der Waals surface area contributed by atoms with Crippen LogP contribution >= 0.6 is 15.9 Å². The summed E-state index contributed by atoms with van der Waals surface area (Å²) in [5.74, 6) is 0.650. The molecule has 1 heterocycles. The van der Waals surface area contributed by atoms with Crippen LogP contribution in [-0.4, -0.2) is 20.2 Å². The van der Waals surface area contributed by atoms with Gasteiger partial charge in [-0.2, -0.15) is 4.68 Å². The zero-order chi connectivity index (χ0) is 10.8. The van der Waals surface area contributed by atoms with Crippen molar-refractivity contribution in [2.75, 3.05) is 0 Å². The molecule has 15 heavy (non-hydrogen) atoms. The molecule has 0 aliphatic carbocycles. The molecule has 0 unspecified atom stereocenters. The maximum absolute atomic E-state index is 5.75. The molecule has 0 amide bonds. The second kappa shape index (κ2) is 4.08. The number of tetrazole rings is 1. The van der Waals surface area contributed by atoms with E-state index in [2.05, 4.69) is 31.5 Å². The molecule has 0 fully saturated rings. The number of hydrogen-bond donors (Lipinski definition) is 1. The van der Waals surface area contributed by atoms with Gasteiger partial charge in [0, 0.05) is 4.47 Å². The highest BCUT2D eigenvalue weighted by Crippen LogP contribution is 2.15. The molecule has 0 saturated carbocycles. The van der Waals surface area contributed by atoms with E-state index in [1.807, 2.05) is 31.2 Å². The van der Waals surface area contributed by atoms with E-state index in [-0.39, 0.29) is 6.04 Å². The Hall–Kier alpha value is -1.27. The Bertz CT molecular complexity index is 448. The van der Waals surface area contributed by atoms with E-state index in [9.17, 15) is 0 Å². The molecule has 2 rings (SSSR count). The zero-order valence-electron chi connectivity index (χ0n) is 8.13. The molecule has 2 aromatic rings. The Morgan fingerprint density at radius 2 is 2.00 bits per heavy atom. The van der Waals surface area contributed by atoms with Crippen molar-refractivity contribution in [3.63, 3.8) is 0 Å². The highest BCUT2D eigenvalue weighted by molar-refractivity contribution is 9.10. The summed E-state index contributed by atoms with van der Waals surface area (Å²) in [5, 5.41) is 11.4. The first-order chi connectivity index (χ1) is 7.18. The summed E-state index contributed by atoms with van der Waals surface area (Å²) in [6.45, 7) is 1.85. The minimum Gasteiger partial charge on any atom is -0.321 e. The molecule has 6 heteroatoms. The van der Waals surface area contributed by atoms with Gasteiger partial charge >= 0.3 is 0 Å². The van der Waals surface area contributed by atoms with Gasteiger partial charge in [-0.05, 0) is 41.6 Å². The number of nitrogens with two attached hydrogens (primary N) is 1. The Kier molecular flexibility index (Phi) is 2.79. The molecule has 1 aromatic carbocycles. The molecular formula is C9H10BrN5. The van der Waals surface area contributed by atoms with Crippen LogP contribution in [0.5, 0.6) is 0 Å². The fraction of sp³-hybridized carbons (Fsp3) is 0.222. The normalized spacial score (nSPS) is 12.7. The van der Waals surface area contributed by atoms with Crippen LogP contribution in [0.1, 0.15) is 18.8 Å². The van der Waals surface area contributed by atoms with Gasteiger partial charge in [0.05, 0.1) is 11.7 Å². The first-order valence-corrected chi connectivity index (χ1v) is 5.27. The third-order valence-corrected chi connectivity index (χ3v) is 2.50. The van der Waals surface area contributed by atoms with E-state index in [4.69, 9.17) is 5.73 Å². The smallest absolute Gasteiger partial charge is 0.173 e. The van der Waals surface area contributed by atoms with Crippen molar-refractivity contribution in [2.45, 2.75) is 13.0 Å². The lowest BCUT2D eigenvalue weighted by atomic mass is 10.3. The second-order valence-electron chi connectivity index (χ2n) is 3.21. The van der Waals surface area contributed by atoms with E-state index >= 15 is 0 Å². The quantitative estimate of drug-likeness (QED) is 0.894. The molecule has 0 radical (unpaired) electrons. The van der Waals surface area contributed by atoms with Crippen LogP contribution in [0.2, 0.25) is 0 Å². The molecule has 0 spiro atoms. The van der Waals surface area contributed by atoms with Gasteiger partial charge in [-0.25, -0.2) is 0 Å². The predicted octanol–water partition coefficient (Wildman–Crippen LogP) is 1.44. The molecule has 0 aliphatic heterocycles. The second-order valence-corrected chi connectivity index (χ2v) is 4.13. The topological polar surface area (TPSA) is 69.6 Å². The van der Waals surface area contributed by atoms with Crippen LogP contribution in [0, 0.1) is 0 Å². The summed E-state index contributed by atoms with van der Waals surface area (Å²) in [4.78, 5) is 0. The van der Waals surface area contributed by atoms with Crippen molar-refractivity contribution in [1.82, 2.24) is 20.2 Å². The molecule has 5 nitrogen and oxygen atoms in total. The number of nitrogens with zero attached hydrogens (tertiary/aromatic N) is 4. The van der Waals surface area contributed by atoms with Crippen molar-refractivity contribution < 1.29 is 0 Å². The minimum atomic E-state index is -0.191. The molecule has 1 atom stereocenters. The van der Waals surface area contributed by atoms with E-state index in [0.717, 1.165) is 10.2 Å².